The van der Waals surface area contributed by atoms with Gasteiger partial charge in [-0.15, -0.1) is 0 Å². The number of benzene rings is 1. The second-order valence-corrected chi connectivity index (χ2v) is 6.29. The minimum Gasteiger partial charge on any atom is -0.465 e. The van der Waals surface area contributed by atoms with Crippen LogP contribution in [0.5, 0.6) is 0 Å². The van der Waals surface area contributed by atoms with E-state index >= 15 is 0 Å². The van der Waals surface area contributed by atoms with Gasteiger partial charge in [0, 0.05) is 12.2 Å². The fourth-order valence-corrected chi connectivity index (χ4v) is 1.85. The minimum absolute atomic E-state index is 0.187. The van der Waals surface area contributed by atoms with E-state index in [9.17, 15) is 13.2 Å². The van der Waals surface area contributed by atoms with Crippen LogP contribution in [0.15, 0.2) is 24.3 Å². The van der Waals surface area contributed by atoms with Gasteiger partial charge in [-0.1, -0.05) is 12.1 Å². The van der Waals surface area contributed by atoms with Crippen molar-refractivity contribution in [3.63, 3.8) is 0 Å². The Bertz CT molecular complexity index is 508. The summed E-state index contributed by atoms with van der Waals surface area (Å²) in [6.45, 7) is 3.37. The van der Waals surface area contributed by atoms with Crippen molar-refractivity contribution in [2.24, 2.45) is 0 Å². The van der Waals surface area contributed by atoms with Crippen molar-refractivity contribution in [3.8, 4) is 0 Å². The number of nitrogens with one attached hydrogen (secondary N) is 2. The first kappa shape index (κ1) is 14.3. The van der Waals surface area contributed by atoms with Crippen LogP contribution in [0.25, 0.3) is 0 Å². The molecule has 0 aliphatic carbocycles. The lowest BCUT2D eigenvalue weighted by Gasteiger charge is -2.11. The maximum Gasteiger partial charge on any atom is 0.404 e. The van der Waals surface area contributed by atoms with Gasteiger partial charge in [0.15, 0.2) is 0 Å². The van der Waals surface area contributed by atoms with Crippen molar-refractivity contribution in [2.45, 2.75) is 25.6 Å². The number of carbonyl (C=O) groups is 1. The highest BCUT2D eigenvalue weighted by Crippen LogP contribution is 2.13. The van der Waals surface area contributed by atoms with E-state index < -0.39 is 21.4 Å². The molecule has 3 N–H and O–H groups in total. The fraction of sp³-hybridized carbons (Fsp3) is 0.364. The van der Waals surface area contributed by atoms with Crippen LogP contribution < -0.4 is 10.0 Å². The average Bonchev–Trinajstić information content (AvgIpc) is 2.27. The summed E-state index contributed by atoms with van der Waals surface area (Å²) in [4.78, 5) is 10.3. The number of amides is 1. The van der Waals surface area contributed by atoms with Crippen molar-refractivity contribution in [3.05, 3.63) is 29.8 Å². The van der Waals surface area contributed by atoms with Crippen LogP contribution in [0.4, 0.5) is 10.5 Å². The number of sulfonamides is 1. The van der Waals surface area contributed by atoms with E-state index in [0.29, 0.717) is 5.69 Å². The number of anilines is 1. The Labute approximate surface area is 106 Å². The third-order valence-electron chi connectivity index (χ3n) is 2.28. The molecule has 0 saturated heterocycles. The van der Waals surface area contributed by atoms with Crippen LogP contribution in [0.3, 0.4) is 0 Å². The van der Waals surface area contributed by atoms with Gasteiger partial charge in [-0.05, 0) is 31.5 Å². The van der Waals surface area contributed by atoms with Crippen LogP contribution in [0.1, 0.15) is 19.4 Å². The average molecular weight is 272 g/mol. The SMILES string of the molecule is CC(C)S(=O)(=O)Nc1ccc(CNC(=O)O)cc1. The summed E-state index contributed by atoms with van der Waals surface area (Å²) in [7, 11) is -3.35. The van der Waals surface area contributed by atoms with Gasteiger partial charge in [0.05, 0.1) is 5.25 Å². The number of carboxylic acid groups (broad SMARTS) is 1. The maximum absolute atomic E-state index is 11.6. The van der Waals surface area contributed by atoms with E-state index in [4.69, 9.17) is 5.11 Å². The molecule has 0 unspecified atom stereocenters. The van der Waals surface area contributed by atoms with Crippen molar-refractivity contribution < 1.29 is 18.3 Å². The summed E-state index contributed by atoms with van der Waals surface area (Å²) in [5.74, 6) is 0. The zero-order chi connectivity index (χ0) is 13.8. The predicted molar refractivity (Wildman–Crippen MR) is 69.0 cm³/mol. The molecule has 100 valence electrons. The third kappa shape index (κ3) is 4.25. The number of hydrogen-bond acceptors (Lipinski definition) is 3. The van der Waals surface area contributed by atoms with Crippen LogP contribution >= 0.6 is 0 Å². The molecule has 1 rings (SSSR count). The van der Waals surface area contributed by atoms with Crippen LogP contribution in [0.2, 0.25) is 0 Å². The highest BCUT2D eigenvalue weighted by Gasteiger charge is 2.15. The van der Waals surface area contributed by atoms with Crippen molar-refractivity contribution in [1.29, 1.82) is 0 Å². The van der Waals surface area contributed by atoms with E-state index in [-0.39, 0.29) is 6.54 Å². The Kier molecular flexibility index (Phi) is 4.55. The Morgan fingerprint density at radius 2 is 1.83 bits per heavy atom. The predicted octanol–water partition coefficient (Wildman–Crippen LogP) is 1.60. The summed E-state index contributed by atoms with van der Waals surface area (Å²) in [6, 6.07) is 6.51. The fourth-order valence-electron chi connectivity index (χ4n) is 1.15. The van der Waals surface area contributed by atoms with E-state index in [1.165, 1.54) is 0 Å². The zero-order valence-electron chi connectivity index (χ0n) is 10.2. The van der Waals surface area contributed by atoms with Gasteiger partial charge in [-0.2, -0.15) is 0 Å². The molecule has 0 heterocycles. The molecule has 0 fully saturated rings. The van der Waals surface area contributed by atoms with Gasteiger partial charge < -0.3 is 10.4 Å². The molecule has 1 aromatic rings. The first-order chi connectivity index (χ1) is 8.31. The molecule has 0 aromatic heterocycles. The Balaban J connectivity index is 2.69. The Morgan fingerprint density at radius 3 is 2.28 bits per heavy atom. The second kappa shape index (κ2) is 5.72. The van der Waals surface area contributed by atoms with Crippen LogP contribution in [-0.4, -0.2) is 24.9 Å². The molecule has 0 saturated carbocycles. The number of hydrogen-bond donors (Lipinski definition) is 3. The van der Waals surface area contributed by atoms with E-state index in [1.54, 1.807) is 38.1 Å². The summed E-state index contributed by atoms with van der Waals surface area (Å²) >= 11 is 0. The normalized spacial score (nSPS) is 11.3. The molecule has 0 atom stereocenters. The van der Waals surface area contributed by atoms with Gasteiger partial charge >= 0.3 is 6.09 Å². The summed E-state index contributed by atoms with van der Waals surface area (Å²) in [6.07, 6.45) is -1.10. The molecule has 0 radical (unpaired) electrons. The molecule has 7 heteroatoms. The van der Waals surface area contributed by atoms with E-state index in [0.717, 1.165) is 5.56 Å². The first-order valence-electron chi connectivity index (χ1n) is 5.38. The molecule has 0 aliphatic rings. The molecule has 0 aliphatic heterocycles. The molecule has 6 nitrogen and oxygen atoms in total. The van der Waals surface area contributed by atoms with Gasteiger partial charge in [-0.3, -0.25) is 4.72 Å². The van der Waals surface area contributed by atoms with Crippen LogP contribution in [0, 0.1) is 0 Å². The first-order valence-corrected chi connectivity index (χ1v) is 6.93. The van der Waals surface area contributed by atoms with Gasteiger partial charge in [0.25, 0.3) is 0 Å². The third-order valence-corrected chi connectivity index (χ3v) is 4.04. The molecular formula is C11H16N2O4S. The lowest BCUT2D eigenvalue weighted by Crippen LogP contribution is -2.22. The van der Waals surface area contributed by atoms with Crippen LogP contribution in [-0.2, 0) is 16.6 Å². The quantitative estimate of drug-likeness (QED) is 0.758. The monoisotopic (exact) mass is 272 g/mol. The number of rotatable bonds is 5. The van der Waals surface area contributed by atoms with E-state index in [2.05, 4.69) is 10.0 Å². The summed E-state index contributed by atoms with van der Waals surface area (Å²) < 4.78 is 25.6. The highest BCUT2D eigenvalue weighted by molar-refractivity contribution is 7.93. The zero-order valence-corrected chi connectivity index (χ0v) is 11.0. The standard InChI is InChI=1S/C11H16N2O4S/c1-8(2)18(16,17)13-10-5-3-9(4-6-10)7-12-11(14)15/h3-6,8,12-13H,7H2,1-2H3,(H,14,15). The van der Waals surface area contributed by atoms with Gasteiger partial charge in [0.1, 0.15) is 0 Å². The molecular weight excluding hydrogens is 256 g/mol. The molecule has 1 aromatic carbocycles. The van der Waals surface area contributed by atoms with Crippen molar-refractivity contribution >= 4 is 21.8 Å². The molecule has 0 spiro atoms. The largest absolute Gasteiger partial charge is 0.465 e. The maximum atomic E-state index is 11.6. The summed E-state index contributed by atoms with van der Waals surface area (Å²) in [5, 5.41) is 10.2. The second-order valence-electron chi connectivity index (χ2n) is 4.05. The lowest BCUT2D eigenvalue weighted by atomic mass is 10.2. The topological polar surface area (TPSA) is 95.5 Å². The Morgan fingerprint density at radius 1 is 1.28 bits per heavy atom. The molecule has 1 amide bonds. The molecule has 18 heavy (non-hydrogen) atoms. The van der Waals surface area contributed by atoms with Gasteiger partial charge in [0.2, 0.25) is 10.0 Å². The van der Waals surface area contributed by atoms with E-state index in [1.807, 2.05) is 0 Å². The lowest BCUT2D eigenvalue weighted by molar-refractivity contribution is 0.194. The molecule has 0 bridgehead atoms. The summed E-state index contributed by atoms with van der Waals surface area (Å²) in [5.41, 5.74) is 1.22. The van der Waals surface area contributed by atoms with Gasteiger partial charge in [-0.25, -0.2) is 13.2 Å². The van der Waals surface area contributed by atoms with Crippen molar-refractivity contribution in [2.75, 3.05) is 4.72 Å². The smallest absolute Gasteiger partial charge is 0.404 e. The Hall–Kier alpha value is -1.76. The van der Waals surface area contributed by atoms with Crippen molar-refractivity contribution in [1.82, 2.24) is 5.32 Å². The minimum atomic E-state index is -3.35. The highest BCUT2D eigenvalue weighted by atomic mass is 32.2.